The van der Waals surface area contributed by atoms with Crippen LogP contribution >= 0.6 is 0 Å². The molecule has 0 saturated heterocycles. The first kappa shape index (κ1) is 15.8. The van der Waals surface area contributed by atoms with Gasteiger partial charge in [0.1, 0.15) is 0 Å². The van der Waals surface area contributed by atoms with E-state index in [1.165, 1.54) is 19.3 Å². The first-order valence-electron chi connectivity index (χ1n) is 8.08. The third-order valence-electron chi connectivity index (χ3n) is 6.13. The summed E-state index contributed by atoms with van der Waals surface area (Å²) in [7, 11) is 0. The van der Waals surface area contributed by atoms with Crippen LogP contribution in [0.5, 0.6) is 0 Å². The molecule has 0 aromatic rings. The lowest BCUT2D eigenvalue weighted by atomic mass is 9.70. The third-order valence-corrected chi connectivity index (χ3v) is 6.13. The number of hydrogen-bond acceptors (Lipinski definition) is 3. The summed E-state index contributed by atoms with van der Waals surface area (Å²) < 4.78 is 6.20. The van der Waals surface area contributed by atoms with Crippen molar-refractivity contribution in [3.8, 4) is 6.07 Å². The molecule has 2 rings (SSSR count). The second-order valence-corrected chi connectivity index (χ2v) is 7.76. The standard InChI is InChI=1S/C17H30N2O/c1-12(2)19-14(11-18)7-9-20-15-10-13-6-8-17(15,5)16(13,3)4/h12-15,19H,6-10H2,1-5H3. The maximum absolute atomic E-state index is 9.14. The van der Waals surface area contributed by atoms with E-state index in [9.17, 15) is 0 Å². The Morgan fingerprint density at radius 3 is 2.50 bits per heavy atom. The lowest BCUT2D eigenvalue weighted by Crippen LogP contribution is -2.38. The molecule has 2 bridgehead atoms. The fraction of sp³-hybridized carbons (Fsp3) is 0.941. The number of nitrogens with one attached hydrogen (secondary N) is 1. The van der Waals surface area contributed by atoms with E-state index in [2.05, 4.69) is 46.0 Å². The fourth-order valence-corrected chi connectivity index (χ4v) is 4.30. The Morgan fingerprint density at radius 2 is 2.05 bits per heavy atom. The minimum absolute atomic E-state index is 0.0885. The van der Waals surface area contributed by atoms with Gasteiger partial charge in [0.05, 0.1) is 18.2 Å². The summed E-state index contributed by atoms with van der Waals surface area (Å²) in [5, 5.41) is 12.4. The van der Waals surface area contributed by atoms with Crippen LogP contribution in [0, 0.1) is 28.1 Å². The molecule has 0 radical (unpaired) electrons. The summed E-state index contributed by atoms with van der Waals surface area (Å²) in [6.07, 6.45) is 5.03. The van der Waals surface area contributed by atoms with Gasteiger partial charge >= 0.3 is 0 Å². The van der Waals surface area contributed by atoms with E-state index >= 15 is 0 Å². The quantitative estimate of drug-likeness (QED) is 0.809. The van der Waals surface area contributed by atoms with Gasteiger partial charge in [0.15, 0.2) is 0 Å². The van der Waals surface area contributed by atoms with Crippen molar-refractivity contribution in [3.05, 3.63) is 0 Å². The van der Waals surface area contributed by atoms with E-state index in [0.29, 0.717) is 29.6 Å². The lowest BCUT2D eigenvalue weighted by Gasteiger charge is -2.39. The second kappa shape index (κ2) is 5.66. The van der Waals surface area contributed by atoms with Crippen LogP contribution in [0.3, 0.4) is 0 Å². The van der Waals surface area contributed by atoms with E-state index in [-0.39, 0.29) is 6.04 Å². The van der Waals surface area contributed by atoms with E-state index in [0.717, 1.165) is 12.3 Å². The summed E-state index contributed by atoms with van der Waals surface area (Å²) in [4.78, 5) is 0. The minimum Gasteiger partial charge on any atom is -0.378 e. The first-order chi connectivity index (χ1) is 9.31. The minimum atomic E-state index is -0.0885. The molecule has 2 aliphatic rings. The van der Waals surface area contributed by atoms with Gasteiger partial charge in [0.25, 0.3) is 0 Å². The van der Waals surface area contributed by atoms with E-state index in [1.54, 1.807) is 0 Å². The molecule has 3 heteroatoms. The molecule has 0 aliphatic heterocycles. The van der Waals surface area contributed by atoms with Crippen LogP contribution in [-0.2, 0) is 4.74 Å². The summed E-state index contributed by atoms with van der Waals surface area (Å²) in [5.41, 5.74) is 0.730. The summed E-state index contributed by atoms with van der Waals surface area (Å²) >= 11 is 0. The molecule has 20 heavy (non-hydrogen) atoms. The largest absolute Gasteiger partial charge is 0.378 e. The number of ether oxygens (including phenoxy) is 1. The molecule has 3 nitrogen and oxygen atoms in total. The molecule has 0 amide bonds. The van der Waals surface area contributed by atoms with Gasteiger partial charge in [-0.25, -0.2) is 0 Å². The SMILES string of the molecule is CC(C)NC(C#N)CCOC1CC2CCC1(C)C2(C)C. The Labute approximate surface area is 124 Å². The smallest absolute Gasteiger partial charge is 0.0976 e. The van der Waals surface area contributed by atoms with Crippen molar-refractivity contribution in [2.24, 2.45) is 16.7 Å². The molecule has 114 valence electrons. The van der Waals surface area contributed by atoms with E-state index in [1.807, 2.05) is 0 Å². The van der Waals surface area contributed by atoms with Crippen molar-refractivity contribution >= 4 is 0 Å². The monoisotopic (exact) mass is 278 g/mol. The van der Waals surface area contributed by atoms with Gasteiger partial charge in [-0.15, -0.1) is 0 Å². The third kappa shape index (κ3) is 2.61. The highest BCUT2D eigenvalue weighted by molar-refractivity contribution is 5.11. The molecule has 4 unspecified atom stereocenters. The Kier molecular flexibility index (Phi) is 4.47. The topological polar surface area (TPSA) is 45.0 Å². The maximum atomic E-state index is 9.14. The molecule has 0 spiro atoms. The van der Waals surface area contributed by atoms with Gasteiger partial charge in [-0.05, 0) is 56.3 Å². The summed E-state index contributed by atoms with van der Waals surface area (Å²) in [6.45, 7) is 12.1. The van der Waals surface area contributed by atoms with E-state index < -0.39 is 0 Å². The fourth-order valence-electron chi connectivity index (χ4n) is 4.30. The van der Waals surface area contributed by atoms with Crippen molar-refractivity contribution in [1.29, 1.82) is 5.26 Å². The number of nitrogens with zero attached hydrogens (tertiary/aromatic N) is 1. The van der Waals surface area contributed by atoms with Crippen molar-refractivity contribution in [1.82, 2.24) is 5.32 Å². The van der Waals surface area contributed by atoms with Crippen LogP contribution in [0.1, 0.15) is 60.3 Å². The van der Waals surface area contributed by atoms with Crippen LogP contribution in [-0.4, -0.2) is 24.8 Å². The Balaban J connectivity index is 1.83. The predicted molar refractivity (Wildman–Crippen MR) is 81.3 cm³/mol. The van der Waals surface area contributed by atoms with Crippen LogP contribution in [0.2, 0.25) is 0 Å². The van der Waals surface area contributed by atoms with Crippen molar-refractivity contribution < 1.29 is 4.74 Å². The van der Waals surface area contributed by atoms with Crippen LogP contribution in [0.15, 0.2) is 0 Å². The first-order valence-corrected chi connectivity index (χ1v) is 8.08. The zero-order valence-electron chi connectivity index (χ0n) is 13.7. The number of rotatable bonds is 6. The molecule has 0 aromatic heterocycles. The highest BCUT2D eigenvalue weighted by atomic mass is 16.5. The highest BCUT2D eigenvalue weighted by Crippen LogP contribution is 2.66. The van der Waals surface area contributed by atoms with Gasteiger partial charge in [-0.3, -0.25) is 5.32 Å². The molecule has 0 heterocycles. The molecule has 2 fully saturated rings. The number of hydrogen-bond donors (Lipinski definition) is 1. The second-order valence-electron chi connectivity index (χ2n) is 7.76. The normalized spacial score (nSPS) is 36.2. The van der Waals surface area contributed by atoms with E-state index in [4.69, 9.17) is 10.00 Å². The number of nitriles is 1. The van der Waals surface area contributed by atoms with Crippen molar-refractivity contribution in [2.45, 2.75) is 78.5 Å². The average Bonchev–Trinajstić information content (AvgIpc) is 2.70. The van der Waals surface area contributed by atoms with Crippen LogP contribution in [0.4, 0.5) is 0 Å². The van der Waals surface area contributed by atoms with Crippen LogP contribution in [0.25, 0.3) is 0 Å². The Bertz CT molecular complexity index is 385. The lowest BCUT2D eigenvalue weighted by molar-refractivity contribution is -0.0480. The molecule has 0 aromatic carbocycles. The molecule has 2 saturated carbocycles. The highest BCUT2D eigenvalue weighted by Gasteiger charge is 2.61. The van der Waals surface area contributed by atoms with Crippen LogP contribution < -0.4 is 5.32 Å². The van der Waals surface area contributed by atoms with Crippen molar-refractivity contribution in [2.75, 3.05) is 6.61 Å². The van der Waals surface area contributed by atoms with Gasteiger partial charge in [0, 0.05) is 12.6 Å². The molecule has 2 aliphatic carbocycles. The Morgan fingerprint density at radius 1 is 1.35 bits per heavy atom. The predicted octanol–water partition coefficient (Wildman–Crippen LogP) is 3.50. The molecule has 4 atom stereocenters. The van der Waals surface area contributed by atoms with Crippen molar-refractivity contribution in [3.63, 3.8) is 0 Å². The Hall–Kier alpha value is -0.590. The zero-order valence-corrected chi connectivity index (χ0v) is 13.7. The maximum Gasteiger partial charge on any atom is 0.0976 e. The number of fused-ring (bicyclic) bond motifs is 2. The van der Waals surface area contributed by atoms with Gasteiger partial charge in [-0.2, -0.15) is 5.26 Å². The van der Waals surface area contributed by atoms with Gasteiger partial charge < -0.3 is 4.74 Å². The summed E-state index contributed by atoms with van der Waals surface area (Å²) in [6, 6.07) is 2.58. The average molecular weight is 278 g/mol. The molecular formula is C17H30N2O. The van der Waals surface area contributed by atoms with Gasteiger partial charge in [-0.1, -0.05) is 20.8 Å². The molecular weight excluding hydrogens is 248 g/mol. The zero-order chi connectivity index (χ0) is 15.0. The van der Waals surface area contributed by atoms with Gasteiger partial charge in [0.2, 0.25) is 0 Å². The summed E-state index contributed by atoms with van der Waals surface area (Å²) in [5.74, 6) is 0.818. The molecule has 1 N–H and O–H groups in total.